The Hall–Kier alpha value is -4.16. The highest BCUT2D eigenvalue weighted by atomic mass is 16.5. The van der Waals surface area contributed by atoms with Gasteiger partial charge in [-0.2, -0.15) is 5.26 Å². The van der Waals surface area contributed by atoms with Crippen molar-refractivity contribution in [2.24, 2.45) is 0 Å². The van der Waals surface area contributed by atoms with Crippen LogP contribution in [0.2, 0.25) is 0 Å². The highest BCUT2D eigenvalue weighted by Crippen LogP contribution is 2.27. The summed E-state index contributed by atoms with van der Waals surface area (Å²) in [6.45, 7) is 2.24. The molecule has 3 nitrogen and oxygen atoms in total. The van der Waals surface area contributed by atoms with E-state index in [0.29, 0.717) is 16.9 Å². The number of aryl methyl sites for hydroxylation is 1. The van der Waals surface area contributed by atoms with Gasteiger partial charge in [0.1, 0.15) is 5.75 Å². The summed E-state index contributed by atoms with van der Waals surface area (Å²) in [6, 6.07) is 33.1. The van der Waals surface area contributed by atoms with Crippen LogP contribution in [0.5, 0.6) is 5.75 Å². The van der Waals surface area contributed by atoms with Crippen molar-refractivity contribution in [2.75, 3.05) is 0 Å². The number of benzene rings is 4. The number of carbonyl (C=O) groups is 1. The molecule has 36 heavy (non-hydrogen) atoms. The molecular weight excluding hydrogens is 442 g/mol. The zero-order valence-corrected chi connectivity index (χ0v) is 20.7. The fourth-order valence-corrected chi connectivity index (χ4v) is 4.34. The molecule has 0 atom stereocenters. The van der Waals surface area contributed by atoms with Crippen LogP contribution in [0.1, 0.15) is 60.5 Å². The molecule has 0 fully saturated rings. The van der Waals surface area contributed by atoms with Gasteiger partial charge in [-0.25, -0.2) is 4.79 Å². The van der Waals surface area contributed by atoms with E-state index in [2.05, 4.69) is 37.3 Å². The minimum Gasteiger partial charge on any atom is -0.423 e. The third kappa shape index (κ3) is 6.49. The first-order valence-electron chi connectivity index (χ1n) is 12.7. The van der Waals surface area contributed by atoms with Crippen molar-refractivity contribution in [3.05, 3.63) is 114 Å². The van der Waals surface area contributed by atoms with Crippen molar-refractivity contribution in [2.45, 2.75) is 45.4 Å². The molecule has 0 radical (unpaired) electrons. The maximum atomic E-state index is 12.7. The van der Waals surface area contributed by atoms with E-state index in [9.17, 15) is 4.79 Å². The average Bonchev–Trinajstić information content (AvgIpc) is 2.94. The molecule has 0 aromatic heterocycles. The van der Waals surface area contributed by atoms with Gasteiger partial charge in [0.25, 0.3) is 0 Å². The maximum absolute atomic E-state index is 12.7. The first-order chi connectivity index (χ1) is 17.7. The Kier molecular flexibility index (Phi) is 8.67. The van der Waals surface area contributed by atoms with Crippen molar-refractivity contribution >= 4 is 5.97 Å². The molecule has 4 aromatic carbocycles. The van der Waals surface area contributed by atoms with Crippen LogP contribution in [0.15, 0.2) is 97.1 Å². The van der Waals surface area contributed by atoms with Gasteiger partial charge in [0.2, 0.25) is 0 Å². The number of nitriles is 1. The number of carbonyl (C=O) groups excluding carboxylic acids is 1. The van der Waals surface area contributed by atoms with Gasteiger partial charge >= 0.3 is 5.97 Å². The lowest BCUT2D eigenvalue weighted by molar-refractivity contribution is 0.0735. The lowest BCUT2D eigenvalue weighted by atomic mass is 9.95. The monoisotopic (exact) mass is 473 g/mol. The Morgan fingerprint density at radius 1 is 0.722 bits per heavy atom. The Labute approximate surface area is 214 Å². The van der Waals surface area contributed by atoms with E-state index < -0.39 is 0 Å². The fraction of sp³-hybridized carbons (Fsp3) is 0.212. The summed E-state index contributed by atoms with van der Waals surface area (Å²) in [5, 5.41) is 8.95. The van der Waals surface area contributed by atoms with Crippen molar-refractivity contribution in [1.29, 1.82) is 5.26 Å². The third-order valence-corrected chi connectivity index (χ3v) is 6.41. The van der Waals surface area contributed by atoms with Crippen molar-refractivity contribution in [3.8, 4) is 34.1 Å². The summed E-state index contributed by atoms with van der Waals surface area (Å²) < 4.78 is 5.60. The Morgan fingerprint density at radius 3 is 2.00 bits per heavy atom. The Morgan fingerprint density at radius 2 is 1.33 bits per heavy atom. The predicted molar refractivity (Wildman–Crippen MR) is 146 cm³/mol. The van der Waals surface area contributed by atoms with Gasteiger partial charge in [-0.3, -0.25) is 0 Å². The first-order valence-corrected chi connectivity index (χ1v) is 12.7. The van der Waals surface area contributed by atoms with Crippen molar-refractivity contribution in [1.82, 2.24) is 0 Å². The molecule has 0 saturated carbocycles. The molecule has 0 bridgehead atoms. The number of rotatable bonds is 10. The molecule has 4 aromatic rings. The first kappa shape index (κ1) is 24.9. The van der Waals surface area contributed by atoms with E-state index in [-0.39, 0.29) is 5.97 Å². The van der Waals surface area contributed by atoms with E-state index in [0.717, 1.165) is 23.1 Å². The Balaban J connectivity index is 1.39. The van der Waals surface area contributed by atoms with E-state index in [1.807, 2.05) is 48.5 Å². The molecule has 0 saturated heterocycles. The number of ether oxygens (including phenoxy) is 1. The summed E-state index contributed by atoms with van der Waals surface area (Å²) in [6.07, 6.45) is 7.40. The van der Waals surface area contributed by atoms with E-state index in [1.54, 1.807) is 24.3 Å². The normalized spacial score (nSPS) is 10.6. The minimum atomic E-state index is -0.378. The van der Waals surface area contributed by atoms with Crippen LogP contribution in [0.4, 0.5) is 0 Å². The molecule has 0 N–H and O–H groups in total. The van der Waals surface area contributed by atoms with Crippen LogP contribution in [-0.2, 0) is 6.42 Å². The maximum Gasteiger partial charge on any atom is 0.343 e. The number of hydrogen-bond donors (Lipinski definition) is 0. The molecule has 0 spiro atoms. The number of esters is 1. The van der Waals surface area contributed by atoms with E-state index in [4.69, 9.17) is 10.00 Å². The van der Waals surface area contributed by atoms with Gasteiger partial charge in [0.05, 0.1) is 17.2 Å². The van der Waals surface area contributed by atoms with Crippen LogP contribution < -0.4 is 4.74 Å². The van der Waals surface area contributed by atoms with E-state index in [1.165, 1.54) is 43.2 Å². The van der Waals surface area contributed by atoms with Crippen LogP contribution in [0.3, 0.4) is 0 Å². The highest BCUT2D eigenvalue weighted by molar-refractivity contribution is 5.91. The molecule has 4 rings (SSSR count). The van der Waals surface area contributed by atoms with Gasteiger partial charge in [-0.1, -0.05) is 93.3 Å². The summed E-state index contributed by atoms with van der Waals surface area (Å²) in [4.78, 5) is 12.7. The summed E-state index contributed by atoms with van der Waals surface area (Å²) in [7, 11) is 0. The lowest BCUT2D eigenvalue weighted by Gasteiger charge is -2.11. The predicted octanol–water partition coefficient (Wildman–Crippen LogP) is 8.62. The molecular formula is C33H31NO2. The number of hydrogen-bond acceptors (Lipinski definition) is 3. The highest BCUT2D eigenvalue weighted by Gasteiger charge is 2.11. The molecule has 0 aliphatic heterocycles. The van der Waals surface area contributed by atoms with Crippen LogP contribution in [-0.4, -0.2) is 5.97 Å². The number of nitrogens with zero attached hydrogens (tertiary/aromatic N) is 1. The topological polar surface area (TPSA) is 50.1 Å². The minimum absolute atomic E-state index is 0.378. The standard InChI is InChI=1S/C33H31NO2/c1-2-3-4-5-6-9-28-10-7-8-11-32(28)29-16-18-30(19-17-29)33(35)36-31-22-20-27(21-23-31)26-14-12-25(24-34)13-15-26/h7-8,10-23H,2-6,9H2,1H3. The average molecular weight is 474 g/mol. The van der Waals surface area contributed by atoms with Gasteiger partial charge in [0, 0.05) is 0 Å². The molecule has 0 unspecified atom stereocenters. The molecule has 0 heterocycles. The summed E-state index contributed by atoms with van der Waals surface area (Å²) in [5.74, 6) is 0.117. The van der Waals surface area contributed by atoms with Crippen LogP contribution in [0.25, 0.3) is 22.3 Å². The second-order valence-corrected chi connectivity index (χ2v) is 9.00. The quantitative estimate of drug-likeness (QED) is 0.132. The summed E-state index contributed by atoms with van der Waals surface area (Å²) >= 11 is 0. The van der Waals surface area contributed by atoms with Gasteiger partial charge in [0.15, 0.2) is 0 Å². The molecule has 0 aliphatic rings. The second-order valence-electron chi connectivity index (χ2n) is 9.00. The molecule has 3 heteroatoms. The Bertz CT molecular complexity index is 1310. The number of unbranched alkanes of at least 4 members (excludes halogenated alkanes) is 4. The SMILES string of the molecule is CCCCCCCc1ccccc1-c1ccc(C(=O)Oc2ccc(-c3ccc(C#N)cc3)cc2)cc1. The molecule has 0 aliphatic carbocycles. The van der Waals surface area contributed by atoms with Gasteiger partial charge in [-0.05, 0) is 77.1 Å². The van der Waals surface area contributed by atoms with Crippen molar-refractivity contribution < 1.29 is 9.53 Å². The largest absolute Gasteiger partial charge is 0.423 e. The smallest absolute Gasteiger partial charge is 0.343 e. The lowest BCUT2D eigenvalue weighted by Crippen LogP contribution is -2.08. The second kappa shape index (κ2) is 12.5. The fourth-order valence-electron chi connectivity index (χ4n) is 4.34. The van der Waals surface area contributed by atoms with Gasteiger partial charge < -0.3 is 4.74 Å². The molecule has 180 valence electrons. The van der Waals surface area contributed by atoms with E-state index >= 15 is 0 Å². The molecule has 0 amide bonds. The zero-order chi connectivity index (χ0) is 25.2. The van der Waals surface area contributed by atoms with Crippen molar-refractivity contribution in [3.63, 3.8) is 0 Å². The third-order valence-electron chi connectivity index (χ3n) is 6.41. The zero-order valence-electron chi connectivity index (χ0n) is 20.7. The van der Waals surface area contributed by atoms with Gasteiger partial charge in [-0.15, -0.1) is 0 Å². The van der Waals surface area contributed by atoms with Crippen LogP contribution in [0, 0.1) is 11.3 Å². The summed E-state index contributed by atoms with van der Waals surface area (Å²) in [5.41, 5.74) is 6.84. The van der Waals surface area contributed by atoms with Crippen LogP contribution >= 0.6 is 0 Å².